The number of halogens is 3. The summed E-state index contributed by atoms with van der Waals surface area (Å²) in [7, 11) is 0. The summed E-state index contributed by atoms with van der Waals surface area (Å²) in [6.07, 6.45) is 2.56. The lowest BCUT2D eigenvalue weighted by Crippen LogP contribution is -2.37. The number of aliphatic imine (C=N–C) groups is 1. The molecular weight excluding hydrogens is 474 g/mol. The van der Waals surface area contributed by atoms with Crippen molar-refractivity contribution in [3.8, 4) is 0 Å². The SMILES string of the molecule is CC(NC(N)=NCCCN1CCC(O)CC1)c1ccc(Cl)cc1Cl.I. The molecule has 2 rings (SSSR count). The standard InChI is InChI=1S/C17H26Cl2N4O.HI/c1-12(15-4-3-13(18)11-16(15)19)22-17(20)21-7-2-8-23-9-5-14(24)6-10-23;/h3-4,11-12,14,24H,2,5-10H2,1H3,(H3,20,21,22);1H. The quantitative estimate of drug-likeness (QED) is 0.242. The molecule has 1 aliphatic rings. The third-order valence-electron chi connectivity index (χ3n) is 4.27. The van der Waals surface area contributed by atoms with Crippen molar-refractivity contribution < 1.29 is 5.11 Å². The Balaban J connectivity index is 0.00000312. The number of hydrogen-bond acceptors (Lipinski definition) is 3. The molecule has 1 fully saturated rings. The second-order valence-corrected chi connectivity index (χ2v) is 7.07. The van der Waals surface area contributed by atoms with Crippen molar-refractivity contribution in [1.29, 1.82) is 0 Å². The number of aliphatic hydroxyl groups is 1. The van der Waals surface area contributed by atoms with E-state index in [0.717, 1.165) is 44.5 Å². The van der Waals surface area contributed by atoms with Crippen LogP contribution in [0.25, 0.3) is 0 Å². The van der Waals surface area contributed by atoms with Gasteiger partial charge < -0.3 is 21.1 Å². The second-order valence-electron chi connectivity index (χ2n) is 6.23. The van der Waals surface area contributed by atoms with Crippen molar-refractivity contribution >= 4 is 53.1 Å². The van der Waals surface area contributed by atoms with E-state index in [1.807, 2.05) is 19.1 Å². The zero-order chi connectivity index (χ0) is 17.5. The molecule has 0 saturated carbocycles. The number of nitrogens with zero attached hydrogens (tertiary/aromatic N) is 2. The minimum atomic E-state index is -0.125. The molecule has 1 saturated heterocycles. The van der Waals surface area contributed by atoms with E-state index in [9.17, 15) is 5.11 Å². The molecule has 1 aromatic carbocycles. The molecule has 0 radical (unpaired) electrons. The fourth-order valence-electron chi connectivity index (χ4n) is 2.83. The number of benzene rings is 1. The Morgan fingerprint density at radius 3 is 2.72 bits per heavy atom. The van der Waals surface area contributed by atoms with E-state index < -0.39 is 0 Å². The predicted octanol–water partition coefficient (Wildman–Crippen LogP) is 3.42. The van der Waals surface area contributed by atoms with Gasteiger partial charge in [-0.25, -0.2) is 0 Å². The topological polar surface area (TPSA) is 73.9 Å². The van der Waals surface area contributed by atoms with Crippen LogP contribution in [0, 0.1) is 0 Å². The minimum absolute atomic E-state index is 0. The first kappa shape index (κ1) is 22.8. The van der Waals surface area contributed by atoms with Crippen LogP contribution in [0.5, 0.6) is 0 Å². The molecule has 1 aromatic rings. The average molecular weight is 501 g/mol. The van der Waals surface area contributed by atoms with Gasteiger partial charge in [0, 0.05) is 29.7 Å². The molecule has 142 valence electrons. The summed E-state index contributed by atoms with van der Waals surface area (Å²) in [6, 6.07) is 5.38. The van der Waals surface area contributed by atoms with E-state index in [2.05, 4.69) is 15.2 Å². The van der Waals surface area contributed by atoms with E-state index >= 15 is 0 Å². The highest BCUT2D eigenvalue weighted by Gasteiger charge is 2.16. The van der Waals surface area contributed by atoms with Crippen LogP contribution in [0.2, 0.25) is 10.0 Å². The summed E-state index contributed by atoms with van der Waals surface area (Å²) in [5, 5.41) is 13.9. The average Bonchev–Trinajstić information content (AvgIpc) is 2.53. The summed E-state index contributed by atoms with van der Waals surface area (Å²) < 4.78 is 0. The highest BCUT2D eigenvalue weighted by atomic mass is 127. The van der Waals surface area contributed by atoms with Gasteiger partial charge in [-0.05, 0) is 50.4 Å². The largest absolute Gasteiger partial charge is 0.393 e. The lowest BCUT2D eigenvalue weighted by Gasteiger charge is -2.29. The van der Waals surface area contributed by atoms with Crippen LogP contribution in [-0.2, 0) is 0 Å². The first-order valence-electron chi connectivity index (χ1n) is 8.37. The molecule has 0 spiro atoms. The van der Waals surface area contributed by atoms with Gasteiger partial charge in [0.2, 0.25) is 0 Å². The molecule has 25 heavy (non-hydrogen) atoms. The molecule has 0 amide bonds. The van der Waals surface area contributed by atoms with Gasteiger partial charge in [-0.2, -0.15) is 0 Å². The Bertz CT molecular complexity index is 566. The molecular formula is C17H27Cl2IN4O. The van der Waals surface area contributed by atoms with E-state index in [1.165, 1.54) is 0 Å². The Kier molecular flexibility index (Phi) is 10.4. The summed E-state index contributed by atoms with van der Waals surface area (Å²) in [4.78, 5) is 6.74. The van der Waals surface area contributed by atoms with Crippen molar-refractivity contribution in [1.82, 2.24) is 10.2 Å². The number of likely N-dealkylation sites (tertiary alicyclic amines) is 1. The van der Waals surface area contributed by atoms with E-state index in [1.54, 1.807) is 6.07 Å². The molecule has 1 unspecified atom stereocenters. The van der Waals surface area contributed by atoms with Crippen molar-refractivity contribution in [2.45, 2.75) is 38.3 Å². The van der Waals surface area contributed by atoms with Crippen LogP contribution in [-0.4, -0.2) is 48.2 Å². The first-order valence-corrected chi connectivity index (χ1v) is 9.13. The number of aliphatic hydroxyl groups excluding tert-OH is 1. The first-order chi connectivity index (χ1) is 11.5. The maximum atomic E-state index is 9.49. The third kappa shape index (κ3) is 7.86. The molecule has 8 heteroatoms. The van der Waals surface area contributed by atoms with Gasteiger partial charge in [0.05, 0.1) is 12.1 Å². The number of guanidine groups is 1. The van der Waals surface area contributed by atoms with Crippen LogP contribution in [0.1, 0.15) is 37.8 Å². The van der Waals surface area contributed by atoms with Crippen LogP contribution in [0.15, 0.2) is 23.2 Å². The van der Waals surface area contributed by atoms with Crippen LogP contribution >= 0.6 is 47.2 Å². The van der Waals surface area contributed by atoms with E-state index in [0.29, 0.717) is 22.5 Å². The van der Waals surface area contributed by atoms with Gasteiger partial charge in [-0.15, -0.1) is 24.0 Å². The van der Waals surface area contributed by atoms with E-state index in [-0.39, 0.29) is 36.1 Å². The summed E-state index contributed by atoms with van der Waals surface area (Å²) in [6.45, 7) is 5.58. The molecule has 1 aliphatic heterocycles. The van der Waals surface area contributed by atoms with Gasteiger partial charge in [0.1, 0.15) is 0 Å². The molecule has 0 aliphatic carbocycles. The number of rotatable bonds is 6. The predicted molar refractivity (Wildman–Crippen MR) is 116 cm³/mol. The Hall–Kier alpha value is -0.280. The van der Waals surface area contributed by atoms with Gasteiger partial charge in [0.25, 0.3) is 0 Å². The minimum Gasteiger partial charge on any atom is -0.393 e. The van der Waals surface area contributed by atoms with Gasteiger partial charge >= 0.3 is 0 Å². The maximum Gasteiger partial charge on any atom is 0.189 e. The van der Waals surface area contributed by atoms with Gasteiger partial charge in [0.15, 0.2) is 5.96 Å². The van der Waals surface area contributed by atoms with E-state index in [4.69, 9.17) is 28.9 Å². The lowest BCUT2D eigenvalue weighted by molar-refractivity contribution is 0.0824. The van der Waals surface area contributed by atoms with Gasteiger partial charge in [-0.1, -0.05) is 29.3 Å². The normalized spacial score (nSPS) is 17.8. The highest BCUT2D eigenvalue weighted by Crippen LogP contribution is 2.25. The van der Waals surface area contributed by atoms with Crippen molar-refractivity contribution in [2.24, 2.45) is 10.7 Å². The molecule has 5 nitrogen and oxygen atoms in total. The zero-order valence-electron chi connectivity index (χ0n) is 14.4. The van der Waals surface area contributed by atoms with Crippen molar-refractivity contribution in [2.75, 3.05) is 26.2 Å². The Morgan fingerprint density at radius 2 is 2.08 bits per heavy atom. The zero-order valence-corrected chi connectivity index (χ0v) is 18.3. The molecule has 1 atom stereocenters. The Morgan fingerprint density at radius 1 is 1.40 bits per heavy atom. The smallest absolute Gasteiger partial charge is 0.189 e. The number of piperidine rings is 1. The molecule has 1 heterocycles. The summed E-state index contributed by atoms with van der Waals surface area (Å²) in [5.41, 5.74) is 6.89. The number of nitrogens with two attached hydrogens (primary N) is 1. The second kappa shape index (κ2) is 11.4. The fourth-order valence-corrected chi connectivity index (χ4v) is 3.41. The third-order valence-corrected chi connectivity index (χ3v) is 4.83. The Labute approximate surface area is 177 Å². The van der Waals surface area contributed by atoms with Crippen molar-refractivity contribution in [3.63, 3.8) is 0 Å². The highest BCUT2D eigenvalue weighted by molar-refractivity contribution is 14.0. The molecule has 4 N–H and O–H groups in total. The van der Waals surface area contributed by atoms with Crippen LogP contribution in [0.3, 0.4) is 0 Å². The molecule has 0 aromatic heterocycles. The monoisotopic (exact) mass is 500 g/mol. The van der Waals surface area contributed by atoms with Crippen LogP contribution in [0.4, 0.5) is 0 Å². The maximum absolute atomic E-state index is 9.49. The number of nitrogens with one attached hydrogen (secondary N) is 1. The van der Waals surface area contributed by atoms with Gasteiger partial charge in [-0.3, -0.25) is 4.99 Å². The lowest BCUT2D eigenvalue weighted by atomic mass is 10.1. The fraction of sp³-hybridized carbons (Fsp3) is 0.588. The molecule has 0 bridgehead atoms. The number of hydrogen-bond donors (Lipinski definition) is 3. The summed E-state index contributed by atoms with van der Waals surface area (Å²) in [5.74, 6) is 0.419. The summed E-state index contributed by atoms with van der Waals surface area (Å²) >= 11 is 12.1. The van der Waals surface area contributed by atoms with Crippen LogP contribution < -0.4 is 11.1 Å². The van der Waals surface area contributed by atoms with Crippen molar-refractivity contribution in [3.05, 3.63) is 33.8 Å².